The Morgan fingerprint density at radius 1 is 1.03 bits per heavy atom. The first-order valence-electron chi connectivity index (χ1n) is 10.1. The zero-order chi connectivity index (χ0) is 23.0. The minimum atomic E-state index is -1.60. The van der Waals surface area contributed by atoms with Crippen molar-refractivity contribution in [3.8, 4) is 0 Å². The summed E-state index contributed by atoms with van der Waals surface area (Å²) < 4.78 is 26.9. The number of rotatable bonds is 5. The number of nitrogens with one attached hydrogen (secondary N) is 2. The molecule has 3 aromatic carbocycles. The lowest BCUT2D eigenvalue weighted by atomic mass is 9.92. The molecule has 164 valence electrons. The van der Waals surface area contributed by atoms with Crippen LogP contribution in [-0.2, 0) is 15.1 Å². The van der Waals surface area contributed by atoms with E-state index >= 15 is 0 Å². The number of hydrogen-bond acceptors (Lipinski definition) is 3. The largest absolute Gasteiger partial charge is 0.348 e. The lowest BCUT2D eigenvalue weighted by Gasteiger charge is -2.22. The molecule has 1 fully saturated rings. The first-order chi connectivity index (χ1) is 15.2. The summed E-state index contributed by atoms with van der Waals surface area (Å²) in [6, 6.07) is 15.5. The molecule has 0 aliphatic carbocycles. The molecule has 4 amide bonds. The Kier molecular flexibility index (Phi) is 5.38. The molecule has 2 atom stereocenters. The van der Waals surface area contributed by atoms with E-state index < -0.39 is 41.6 Å². The van der Waals surface area contributed by atoms with Gasteiger partial charge in [0, 0.05) is 0 Å². The van der Waals surface area contributed by atoms with Crippen molar-refractivity contribution in [1.29, 1.82) is 0 Å². The summed E-state index contributed by atoms with van der Waals surface area (Å²) in [5.74, 6) is -3.44. The molecule has 1 aliphatic rings. The normalized spacial score (nSPS) is 19.2. The maximum atomic E-state index is 13.7. The lowest BCUT2D eigenvalue weighted by molar-refractivity contribution is -0.135. The average Bonchev–Trinajstić information content (AvgIpc) is 2.99. The molecule has 8 heteroatoms. The van der Waals surface area contributed by atoms with Gasteiger partial charge < -0.3 is 10.6 Å². The summed E-state index contributed by atoms with van der Waals surface area (Å²) in [6.45, 7) is 2.69. The fourth-order valence-corrected chi connectivity index (χ4v) is 3.83. The van der Waals surface area contributed by atoms with Crippen molar-refractivity contribution >= 4 is 28.6 Å². The van der Waals surface area contributed by atoms with Crippen LogP contribution in [0.1, 0.15) is 31.0 Å². The van der Waals surface area contributed by atoms with Gasteiger partial charge in [0.1, 0.15) is 12.1 Å². The number of fused-ring (bicyclic) bond motifs is 1. The van der Waals surface area contributed by atoms with Crippen molar-refractivity contribution in [2.45, 2.75) is 25.4 Å². The van der Waals surface area contributed by atoms with Gasteiger partial charge in [-0.2, -0.15) is 0 Å². The molecule has 2 N–H and O–H groups in total. The van der Waals surface area contributed by atoms with E-state index in [-0.39, 0.29) is 11.6 Å². The van der Waals surface area contributed by atoms with Crippen molar-refractivity contribution in [2.75, 3.05) is 6.54 Å². The van der Waals surface area contributed by atoms with Crippen LogP contribution in [0.2, 0.25) is 0 Å². The Morgan fingerprint density at radius 3 is 2.47 bits per heavy atom. The molecule has 3 aromatic rings. The second-order valence-corrected chi connectivity index (χ2v) is 7.97. The summed E-state index contributed by atoms with van der Waals surface area (Å²) in [6.07, 6.45) is 0. The molecule has 32 heavy (non-hydrogen) atoms. The topological polar surface area (TPSA) is 78.5 Å². The smallest absolute Gasteiger partial charge is 0.325 e. The van der Waals surface area contributed by atoms with Gasteiger partial charge in [-0.25, -0.2) is 13.6 Å². The molecule has 0 saturated carbocycles. The molecular weight excluding hydrogens is 416 g/mol. The first kappa shape index (κ1) is 21.4. The second kappa shape index (κ2) is 8.03. The van der Waals surface area contributed by atoms with Crippen LogP contribution in [0.5, 0.6) is 0 Å². The number of imide groups is 1. The maximum absolute atomic E-state index is 13.7. The SMILES string of the molecule is CC(NC(=O)CN1C(=O)NC(C)(c2ccc(F)c(F)c2)C1=O)c1ccc2ccccc2c1. The Labute approximate surface area is 183 Å². The highest BCUT2D eigenvalue weighted by atomic mass is 19.2. The molecule has 4 rings (SSSR count). The number of carbonyl (C=O) groups is 3. The Bertz CT molecular complexity index is 1250. The summed E-state index contributed by atoms with van der Waals surface area (Å²) in [4.78, 5) is 38.7. The molecule has 1 saturated heterocycles. The second-order valence-electron chi connectivity index (χ2n) is 7.97. The van der Waals surface area contributed by atoms with Crippen molar-refractivity contribution in [3.63, 3.8) is 0 Å². The highest BCUT2D eigenvalue weighted by Gasteiger charge is 2.49. The third-order valence-electron chi connectivity index (χ3n) is 5.72. The number of carbonyl (C=O) groups excluding carboxylic acids is 3. The third-order valence-corrected chi connectivity index (χ3v) is 5.72. The summed E-state index contributed by atoms with van der Waals surface area (Å²) in [7, 11) is 0. The number of urea groups is 1. The van der Waals surface area contributed by atoms with Gasteiger partial charge in [0.05, 0.1) is 6.04 Å². The van der Waals surface area contributed by atoms with E-state index in [1.165, 1.54) is 13.0 Å². The van der Waals surface area contributed by atoms with Gasteiger partial charge in [0.2, 0.25) is 5.91 Å². The van der Waals surface area contributed by atoms with E-state index in [1.54, 1.807) is 6.92 Å². The van der Waals surface area contributed by atoms with Gasteiger partial charge >= 0.3 is 6.03 Å². The van der Waals surface area contributed by atoms with Crippen LogP contribution in [0.3, 0.4) is 0 Å². The average molecular weight is 437 g/mol. The highest BCUT2D eigenvalue weighted by Crippen LogP contribution is 2.29. The van der Waals surface area contributed by atoms with Crippen LogP contribution in [-0.4, -0.2) is 29.3 Å². The molecule has 1 heterocycles. The van der Waals surface area contributed by atoms with E-state index in [1.807, 2.05) is 42.5 Å². The first-order valence-corrected chi connectivity index (χ1v) is 10.1. The molecule has 1 aliphatic heterocycles. The van der Waals surface area contributed by atoms with E-state index in [0.29, 0.717) is 0 Å². The predicted octanol–water partition coefficient (Wildman–Crippen LogP) is 3.76. The van der Waals surface area contributed by atoms with E-state index in [4.69, 9.17) is 0 Å². The summed E-state index contributed by atoms with van der Waals surface area (Å²) >= 11 is 0. The van der Waals surface area contributed by atoms with E-state index in [2.05, 4.69) is 10.6 Å². The van der Waals surface area contributed by atoms with Crippen molar-refractivity contribution in [3.05, 3.63) is 83.4 Å². The highest BCUT2D eigenvalue weighted by molar-refractivity contribution is 6.09. The van der Waals surface area contributed by atoms with Gasteiger partial charge in [0.25, 0.3) is 5.91 Å². The van der Waals surface area contributed by atoms with Crippen LogP contribution >= 0.6 is 0 Å². The van der Waals surface area contributed by atoms with Crippen LogP contribution in [0.25, 0.3) is 10.8 Å². The monoisotopic (exact) mass is 437 g/mol. The third kappa shape index (κ3) is 3.79. The lowest BCUT2D eigenvalue weighted by Crippen LogP contribution is -2.43. The van der Waals surface area contributed by atoms with Crippen molar-refractivity contribution < 1.29 is 23.2 Å². The zero-order valence-corrected chi connectivity index (χ0v) is 17.5. The number of hydrogen-bond donors (Lipinski definition) is 2. The quantitative estimate of drug-likeness (QED) is 0.597. The Morgan fingerprint density at radius 2 is 1.75 bits per heavy atom. The minimum Gasteiger partial charge on any atom is -0.348 e. The molecule has 0 bridgehead atoms. The molecule has 0 aromatic heterocycles. The van der Waals surface area contributed by atoms with E-state index in [0.717, 1.165) is 33.4 Å². The number of halogens is 2. The van der Waals surface area contributed by atoms with Gasteiger partial charge in [-0.3, -0.25) is 14.5 Å². The van der Waals surface area contributed by atoms with Crippen LogP contribution < -0.4 is 10.6 Å². The Balaban J connectivity index is 1.47. The molecular formula is C24H21F2N3O3. The van der Waals surface area contributed by atoms with Crippen LogP contribution in [0.15, 0.2) is 60.7 Å². The zero-order valence-electron chi connectivity index (χ0n) is 17.5. The fourth-order valence-electron chi connectivity index (χ4n) is 3.83. The minimum absolute atomic E-state index is 0.0854. The summed E-state index contributed by atoms with van der Waals surface area (Å²) in [5.41, 5.74) is -0.640. The standard InChI is InChI=1S/C24H21F2N3O3/c1-14(16-8-7-15-5-3-4-6-17(15)11-16)27-21(30)13-29-22(31)24(2,28-23(29)32)18-9-10-19(25)20(26)12-18/h3-12,14H,13H2,1-2H3,(H,27,30)(H,28,32). The molecule has 6 nitrogen and oxygen atoms in total. The van der Waals surface area contributed by atoms with Crippen molar-refractivity contribution in [1.82, 2.24) is 15.5 Å². The summed E-state index contributed by atoms with van der Waals surface area (Å²) in [5, 5.41) is 7.37. The van der Waals surface area contributed by atoms with Gasteiger partial charge in [0.15, 0.2) is 11.6 Å². The number of amides is 4. The van der Waals surface area contributed by atoms with E-state index in [9.17, 15) is 23.2 Å². The molecule has 0 spiro atoms. The Hall–Kier alpha value is -3.81. The van der Waals surface area contributed by atoms with Gasteiger partial charge in [-0.1, -0.05) is 42.5 Å². The van der Waals surface area contributed by atoms with Gasteiger partial charge in [-0.15, -0.1) is 0 Å². The molecule has 2 unspecified atom stereocenters. The fraction of sp³-hybridized carbons (Fsp3) is 0.208. The van der Waals surface area contributed by atoms with Gasteiger partial charge in [-0.05, 0) is 53.9 Å². The van der Waals surface area contributed by atoms with Crippen molar-refractivity contribution in [2.24, 2.45) is 0 Å². The van der Waals surface area contributed by atoms with Crippen LogP contribution in [0, 0.1) is 11.6 Å². The van der Waals surface area contributed by atoms with Crippen LogP contribution in [0.4, 0.5) is 13.6 Å². The number of benzene rings is 3. The predicted molar refractivity (Wildman–Crippen MR) is 114 cm³/mol. The maximum Gasteiger partial charge on any atom is 0.325 e. The number of nitrogens with zero attached hydrogens (tertiary/aromatic N) is 1. The molecule has 0 radical (unpaired) electrons.